The Hall–Kier alpha value is -1.22. The van der Waals surface area contributed by atoms with E-state index in [-0.39, 0.29) is 5.91 Å². The third kappa shape index (κ3) is 2.78. The molecule has 0 spiro atoms. The predicted molar refractivity (Wildman–Crippen MR) is 76.6 cm³/mol. The van der Waals surface area contributed by atoms with Gasteiger partial charge in [0, 0.05) is 24.5 Å². The Kier molecular flexibility index (Phi) is 4.12. The van der Waals surface area contributed by atoms with Crippen molar-refractivity contribution in [1.29, 1.82) is 0 Å². The second-order valence-electron chi connectivity index (χ2n) is 4.75. The van der Waals surface area contributed by atoms with E-state index in [9.17, 15) is 4.79 Å². The minimum Gasteiger partial charge on any atom is -0.371 e. The summed E-state index contributed by atoms with van der Waals surface area (Å²) in [5.74, 6) is -0.154. The Morgan fingerprint density at radius 3 is 2.67 bits per heavy atom. The highest BCUT2D eigenvalue weighted by Gasteiger charge is 2.17. The minimum atomic E-state index is -0.514. The average Bonchev–Trinajstić information content (AvgIpc) is 2.85. The molecule has 2 rings (SSSR count). The largest absolute Gasteiger partial charge is 0.371 e. The van der Waals surface area contributed by atoms with Gasteiger partial charge in [-0.1, -0.05) is 6.07 Å². The van der Waals surface area contributed by atoms with Gasteiger partial charge in [-0.15, -0.1) is 11.6 Å². The molecule has 3 nitrogen and oxygen atoms in total. The summed E-state index contributed by atoms with van der Waals surface area (Å²) < 4.78 is 0. The van der Waals surface area contributed by atoms with E-state index in [2.05, 4.69) is 16.3 Å². The summed E-state index contributed by atoms with van der Waals surface area (Å²) in [7, 11) is 0. The summed E-state index contributed by atoms with van der Waals surface area (Å²) in [6.07, 6.45) is 2.49. The van der Waals surface area contributed by atoms with Crippen LogP contribution < -0.4 is 10.2 Å². The standard InChI is InChI=1S/C14H19ClN2O/c1-10-12(16-14(18)11(2)15)6-5-7-13(10)17-8-3-4-9-17/h5-7,11H,3-4,8-9H2,1-2H3,(H,16,18). The minimum absolute atomic E-state index is 0.154. The number of nitrogens with zero attached hydrogens (tertiary/aromatic N) is 1. The topological polar surface area (TPSA) is 32.3 Å². The lowest BCUT2D eigenvalue weighted by Crippen LogP contribution is -2.22. The normalized spacial score (nSPS) is 16.7. The first-order valence-electron chi connectivity index (χ1n) is 6.39. The van der Waals surface area contributed by atoms with Crippen molar-refractivity contribution in [3.8, 4) is 0 Å². The van der Waals surface area contributed by atoms with Crippen LogP contribution in [0, 0.1) is 6.92 Å². The maximum absolute atomic E-state index is 11.6. The molecular weight excluding hydrogens is 248 g/mol. The molecular formula is C14H19ClN2O. The molecule has 98 valence electrons. The summed E-state index contributed by atoms with van der Waals surface area (Å²) in [6.45, 7) is 5.92. The van der Waals surface area contributed by atoms with Gasteiger partial charge in [0.15, 0.2) is 0 Å². The Labute approximate surface area is 113 Å². The number of benzene rings is 1. The quantitative estimate of drug-likeness (QED) is 0.853. The number of hydrogen-bond donors (Lipinski definition) is 1. The molecule has 1 aromatic carbocycles. The van der Waals surface area contributed by atoms with E-state index in [1.165, 1.54) is 18.5 Å². The number of carbonyl (C=O) groups excluding carboxylic acids is 1. The van der Waals surface area contributed by atoms with Gasteiger partial charge in [-0.25, -0.2) is 0 Å². The van der Waals surface area contributed by atoms with Crippen LogP contribution in [0.2, 0.25) is 0 Å². The molecule has 18 heavy (non-hydrogen) atoms. The summed E-state index contributed by atoms with van der Waals surface area (Å²) in [5.41, 5.74) is 3.19. The zero-order valence-corrected chi connectivity index (χ0v) is 11.6. The van der Waals surface area contributed by atoms with Crippen LogP contribution in [0.5, 0.6) is 0 Å². The zero-order valence-electron chi connectivity index (χ0n) is 10.9. The van der Waals surface area contributed by atoms with Gasteiger partial charge in [0.05, 0.1) is 0 Å². The molecule has 0 radical (unpaired) electrons. The third-order valence-electron chi connectivity index (χ3n) is 3.37. The van der Waals surface area contributed by atoms with E-state index in [4.69, 9.17) is 11.6 Å². The van der Waals surface area contributed by atoms with Crippen molar-refractivity contribution in [1.82, 2.24) is 0 Å². The van der Waals surface area contributed by atoms with E-state index in [1.807, 2.05) is 19.1 Å². The molecule has 1 atom stereocenters. The van der Waals surface area contributed by atoms with Crippen molar-refractivity contribution in [2.75, 3.05) is 23.3 Å². The Morgan fingerprint density at radius 2 is 2.06 bits per heavy atom. The Bertz CT molecular complexity index is 439. The summed E-state index contributed by atoms with van der Waals surface area (Å²) in [5, 5.41) is 2.36. The van der Waals surface area contributed by atoms with Crippen LogP contribution >= 0.6 is 11.6 Å². The van der Waals surface area contributed by atoms with Gasteiger partial charge in [-0.05, 0) is 44.4 Å². The predicted octanol–water partition coefficient (Wildman–Crippen LogP) is 3.16. The van der Waals surface area contributed by atoms with Crippen molar-refractivity contribution >= 4 is 28.9 Å². The molecule has 0 bridgehead atoms. The van der Waals surface area contributed by atoms with Gasteiger partial charge < -0.3 is 10.2 Å². The van der Waals surface area contributed by atoms with Gasteiger partial charge in [-0.2, -0.15) is 0 Å². The summed E-state index contributed by atoms with van der Waals surface area (Å²) >= 11 is 5.77. The van der Waals surface area contributed by atoms with Crippen molar-refractivity contribution in [2.45, 2.75) is 32.1 Å². The second kappa shape index (κ2) is 5.61. The lowest BCUT2D eigenvalue weighted by molar-refractivity contribution is -0.115. The molecule has 1 fully saturated rings. The van der Waals surface area contributed by atoms with Gasteiger partial charge in [0.25, 0.3) is 0 Å². The molecule has 1 aromatic rings. The number of anilines is 2. The number of nitrogens with one attached hydrogen (secondary N) is 1. The summed E-state index contributed by atoms with van der Waals surface area (Å²) in [4.78, 5) is 14.0. The van der Waals surface area contributed by atoms with Crippen LogP contribution in [0.3, 0.4) is 0 Å². The van der Waals surface area contributed by atoms with Crippen molar-refractivity contribution < 1.29 is 4.79 Å². The van der Waals surface area contributed by atoms with Crippen LogP contribution in [-0.2, 0) is 4.79 Å². The van der Waals surface area contributed by atoms with Crippen LogP contribution in [-0.4, -0.2) is 24.4 Å². The van der Waals surface area contributed by atoms with Crippen LogP contribution in [0.15, 0.2) is 18.2 Å². The molecule has 0 aliphatic carbocycles. The second-order valence-corrected chi connectivity index (χ2v) is 5.40. The van der Waals surface area contributed by atoms with E-state index < -0.39 is 5.38 Å². The molecule has 1 N–H and O–H groups in total. The zero-order chi connectivity index (χ0) is 13.1. The first kappa shape index (κ1) is 13.2. The maximum atomic E-state index is 11.6. The molecule has 0 aromatic heterocycles. The number of rotatable bonds is 3. The van der Waals surface area contributed by atoms with Crippen LogP contribution in [0.4, 0.5) is 11.4 Å². The highest BCUT2D eigenvalue weighted by Crippen LogP contribution is 2.29. The molecule has 1 heterocycles. The third-order valence-corrected chi connectivity index (χ3v) is 3.57. The number of amides is 1. The molecule has 1 amide bonds. The molecule has 1 aliphatic rings. The number of carbonyl (C=O) groups is 1. The lowest BCUT2D eigenvalue weighted by atomic mass is 10.1. The van der Waals surface area contributed by atoms with Crippen molar-refractivity contribution in [2.24, 2.45) is 0 Å². The van der Waals surface area contributed by atoms with Gasteiger partial charge in [0.1, 0.15) is 5.38 Å². The van der Waals surface area contributed by atoms with Gasteiger partial charge >= 0.3 is 0 Å². The maximum Gasteiger partial charge on any atom is 0.242 e. The molecule has 1 aliphatic heterocycles. The van der Waals surface area contributed by atoms with Crippen LogP contribution in [0.25, 0.3) is 0 Å². The fraction of sp³-hybridized carbons (Fsp3) is 0.500. The van der Waals surface area contributed by atoms with Crippen molar-refractivity contribution in [3.63, 3.8) is 0 Å². The molecule has 1 unspecified atom stereocenters. The van der Waals surface area contributed by atoms with Gasteiger partial charge in [0.2, 0.25) is 5.91 Å². The molecule has 0 saturated carbocycles. The first-order chi connectivity index (χ1) is 8.59. The SMILES string of the molecule is Cc1c(NC(=O)C(C)Cl)cccc1N1CCCC1. The number of alkyl halides is 1. The Balaban J connectivity index is 2.21. The number of hydrogen-bond acceptors (Lipinski definition) is 2. The average molecular weight is 267 g/mol. The highest BCUT2D eigenvalue weighted by molar-refractivity contribution is 6.32. The number of halogens is 1. The highest BCUT2D eigenvalue weighted by atomic mass is 35.5. The van der Waals surface area contributed by atoms with E-state index >= 15 is 0 Å². The fourth-order valence-electron chi connectivity index (χ4n) is 2.29. The lowest BCUT2D eigenvalue weighted by Gasteiger charge is -2.22. The monoisotopic (exact) mass is 266 g/mol. The fourth-order valence-corrected chi connectivity index (χ4v) is 2.35. The first-order valence-corrected chi connectivity index (χ1v) is 6.82. The smallest absolute Gasteiger partial charge is 0.242 e. The van der Waals surface area contributed by atoms with E-state index in [0.717, 1.165) is 24.3 Å². The van der Waals surface area contributed by atoms with E-state index in [0.29, 0.717) is 0 Å². The molecule has 4 heteroatoms. The summed E-state index contributed by atoms with van der Waals surface area (Å²) in [6, 6.07) is 6.02. The van der Waals surface area contributed by atoms with Crippen molar-refractivity contribution in [3.05, 3.63) is 23.8 Å². The van der Waals surface area contributed by atoms with Gasteiger partial charge in [-0.3, -0.25) is 4.79 Å². The molecule has 1 saturated heterocycles. The van der Waals surface area contributed by atoms with E-state index in [1.54, 1.807) is 6.92 Å². The Morgan fingerprint density at radius 1 is 1.39 bits per heavy atom. The van der Waals surface area contributed by atoms with Crippen LogP contribution in [0.1, 0.15) is 25.3 Å².